The van der Waals surface area contributed by atoms with E-state index in [0.29, 0.717) is 12.1 Å². The van der Waals surface area contributed by atoms with Gasteiger partial charge in [0.15, 0.2) is 0 Å². The third-order valence-corrected chi connectivity index (χ3v) is 3.26. The molecule has 0 amide bonds. The summed E-state index contributed by atoms with van der Waals surface area (Å²) < 4.78 is 5.57. The molecular weight excluding hydrogens is 214 g/mol. The molecule has 4 heteroatoms. The monoisotopic (exact) mass is 237 g/mol. The highest BCUT2D eigenvalue weighted by Gasteiger charge is 2.29. The van der Waals surface area contributed by atoms with E-state index in [0.717, 1.165) is 30.7 Å². The van der Waals surface area contributed by atoms with E-state index in [2.05, 4.69) is 42.9 Å². The highest BCUT2D eigenvalue weighted by Crippen LogP contribution is 2.27. The molecule has 1 aliphatic rings. The molecule has 0 spiro atoms. The first-order chi connectivity index (χ1) is 8.06. The van der Waals surface area contributed by atoms with Gasteiger partial charge in [-0.05, 0) is 19.3 Å². The van der Waals surface area contributed by atoms with Gasteiger partial charge in [0.05, 0.1) is 5.69 Å². The Balaban J connectivity index is 1.98. The molecule has 0 bridgehead atoms. The predicted octanol–water partition coefficient (Wildman–Crippen LogP) is 2.41. The average molecular weight is 237 g/mol. The molecular formula is C13H23N3O. The normalized spacial score (nSPS) is 24.9. The quantitative estimate of drug-likeness (QED) is 0.873. The second kappa shape index (κ2) is 5.08. The number of hydrogen-bond acceptors (Lipinski definition) is 4. The molecule has 2 rings (SSSR count). The fraction of sp³-hybridized carbons (Fsp3) is 0.769. The molecule has 1 saturated heterocycles. The Kier molecular flexibility index (Phi) is 3.72. The minimum absolute atomic E-state index is 0.473. The van der Waals surface area contributed by atoms with Crippen molar-refractivity contribution in [1.29, 1.82) is 0 Å². The zero-order chi connectivity index (χ0) is 12.4. The molecule has 2 atom stereocenters. The first kappa shape index (κ1) is 12.4. The number of nitrogens with zero attached hydrogens (tertiary/aromatic N) is 2. The van der Waals surface area contributed by atoms with Crippen LogP contribution in [0.1, 0.15) is 39.8 Å². The minimum atomic E-state index is 0.473. The van der Waals surface area contributed by atoms with E-state index < -0.39 is 0 Å². The Labute approximate surface area is 103 Å². The third-order valence-electron chi connectivity index (χ3n) is 3.26. The molecule has 1 aliphatic heterocycles. The van der Waals surface area contributed by atoms with Crippen molar-refractivity contribution in [3.63, 3.8) is 0 Å². The second-order valence-corrected chi connectivity index (χ2v) is 5.50. The lowest BCUT2D eigenvalue weighted by atomic mass is 10.1. The Bertz CT molecular complexity index is 361. The standard InChI is InChI=1S/C13H23N3O/c1-9(2)14-6-12-8-17-13(15-12)16-7-10(3)5-11(16)4/h8-11,14H,5-7H2,1-4H3. The van der Waals surface area contributed by atoms with E-state index in [4.69, 9.17) is 4.42 Å². The van der Waals surface area contributed by atoms with Gasteiger partial charge in [0, 0.05) is 25.2 Å². The third kappa shape index (κ3) is 3.00. The maximum atomic E-state index is 5.57. The lowest BCUT2D eigenvalue weighted by molar-refractivity contribution is 0.526. The second-order valence-electron chi connectivity index (χ2n) is 5.50. The fourth-order valence-corrected chi connectivity index (χ4v) is 2.38. The van der Waals surface area contributed by atoms with Gasteiger partial charge in [-0.25, -0.2) is 0 Å². The molecule has 2 unspecified atom stereocenters. The molecule has 0 radical (unpaired) electrons. The number of oxazole rings is 1. The molecule has 1 aromatic rings. The molecule has 0 aliphatic carbocycles. The van der Waals surface area contributed by atoms with Crippen molar-refractivity contribution < 1.29 is 4.42 Å². The van der Waals surface area contributed by atoms with Crippen molar-refractivity contribution in [3.8, 4) is 0 Å². The molecule has 0 aromatic carbocycles. The SMILES string of the molecule is CC1CC(C)N(c2nc(CNC(C)C)co2)C1. The van der Waals surface area contributed by atoms with Crippen molar-refractivity contribution in [2.24, 2.45) is 5.92 Å². The number of hydrogen-bond donors (Lipinski definition) is 1. The van der Waals surface area contributed by atoms with Gasteiger partial charge in [-0.3, -0.25) is 0 Å². The summed E-state index contributed by atoms with van der Waals surface area (Å²) in [5.41, 5.74) is 0.987. The summed E-state index contributed by atoms with van der Waals surface area (Å²) in [4.78, 5) is 6.81. The van der Waals surface area contributed by atoms with Crippen molar-refractivity contribution in [2.75, 3.05) is 11.4 Å². The van der Waals surface area contributed by atoms with Crippen molar-refractivity contribution >= 4 is 6.01 Å². The van der Waals surface area contributed by atoms with Crippen molar-refractivity contribution in [3.05, 3.63) is 12.0 Å². The summed E-state index contributed by atoms with van der Waals surface area (Å²) in [6, 6.07) is 1.79. The predicted molar refractivity (Wildman–Crippen MR) is 69.1 cm³/mol. The van der Waals surface area contributed by atoms with Crippen LogP contribution in [0.3, 0.4) is 0 Å². The van der Waals surface area contributed by atoms with E-state index in [-0.39, 0.29) is 0 Å². The molecule has 1 N–H and O–H groups in total. The van der Waals surface area contributed by atoms with Gasteiger partial charge in [0.2, 0.25) is 0 Å². The topological polar surface area (TPSA) is 41.3 Å². The van der Waals surface area contributed by atoms with Crippen LogP contribution in [-0.4, -0.2) is 23.6 Å². The maximum absolute atomic E-state index is 5.57. The molecule has 1 aromatic heterocycles. The van der Waals surface area contributed by atoms with E-state index >= 15 is 0 Å². The number of aromatic nitrogens is 1. The summed E-state index contributed by atoms with van der Waals surface area (Å²) in [7, 11) is 0. The summed E-state index contributed by atoms with van der Waals surface area (Å²) in [5, 5.41) is 3.34. The van der Waals surface area contributed by atoms with Crippen LogP contribution in [0.2, 0.25) is 0 Å². The van der Waals surface area contributed by atoms with Gasteiger partial charge >= 0.3 is 0 Å². The molecule has 1 fully saturated rings. The number of anilines is 1. The fourth-order valence-electron chi connectivity index (χ4n) is 2.38. The average Bonchev–Trinajstić information content (AvgIpc) is 2.82. The zero-order valence-corrected chi connectivity index (χ0v) is 11.2. The minimum Gasteiger partial charge on any atom is -0.432 e. The molecule has 96 valence electrons. The Morgan fingerprint density at radius 1 is 1.53 bits per heavy atom. The highest BCUT2D eigenvalue weighted by atomic mass is 16.4. The van der Waals surface area contributed by atoms with Gasteiger partial charge in [0.25, 0.3) is 6.01 Å². The first-order valence-electron chi connectivity index (χ1n) is 6.50. The van der Waals surface area contributed by atoms with Crippen LogP contribution < -0.4 is 10.2 Å². The van der Waals surface area contributed by atoms with Gasteiger partial charge in [-0.15, -0.1) is 0 Å². The summed E-state index contributed by atoms with van der Waals surface area (Å²) in [5.74, 6) is 0.731. The lowest BCUT2D eigenvalue weighted by Gasteiger charge is -2.18. The van der Waals surface area contributed by atoms with Crippen LogP contribution in [0.25, 0.3) is 0 Å². The number of rotatable bonds is 4. The van der Waals surface area contributed by atoms with Crippen molar-refractivity contribution in [2.45, 2.75) is 52.7 Å². The molecule has 0 saturated carbocycles. The highest BCUT2D eigenvalue weighted by molar-refractivity contribution is 5.31. The van der Waals surface area contributed by atoms with Gasteiger partial charge in [-0.2, -0.15) is 4.98 Å². The largest absolute Gasteiger partial charge is 0.432 e. The summed E-state index contributed by atoms with van der Waals surface area (Å²) >= 11 is 0. The zero-order valence-electron chi connectivity index (χ0n) is 11.2. The summed E-state index contributed by atoms with van der Waals surface area (Å²) in [6.07, 6.45) is 2.99. The van der Waals surface area contributed by atoms with Gasteiger partial charge < -0.3 is 14.6 Å². The van der Waals surface area contributed by atoms with Gasteiger partial charge in [0.1, 0.15) is 6.26 Å². The van der Waals surface area contributed by atoms with Crippen LogP contribution in [-0.2, 0) is 6.54 Å². The van der Waals surface area contributed by atoms with Crippen LogP contribution in [0, 0.1) is 5.92 Å². The van der Waals surface area contributed by atoms with E-state index in [1.165, 1.54) is 6.42 Å². The molecule has 17 heavy (non-hydrogen) atoms. The molecule has 2 heterocycles. The first-order valence-corrected chi connectivity index (χ1v) is 6.50. The Hall–Kier alpha value is -1.03. The Morgan fingerprint density at radius 3 is 2.88 bits per heavy atom. The lowest BCUT2D eigenvalue weighted by Crippen LogP contribution is -2.27. The van der Waals surface area contributed by atoms with Crippen LogP contribution in [0.5, 0.6) is 0 Å². The van der Waals surface area contributed by atoms with E-state index in [9.17, 15) is 0 Å². The van der Waals surface area contributed by atoms with Crippen LogP contribution in [0.4, 0.5) is 6.01 Å². The number of nitrogens with one attached hydrogen (secondary N) is 1. The van der Waals surface area contributed by atoms with Crippen molar-refractivity contribution in [1.82, 2.24) is 10.3 Å². The van der Waals surface area contributed by atoms with Crippen LogP contribution >= 0.6 is 0 Å². The van der Waals surface area contributed by atoms with E-state index in [1.807, 2.05) is 0 Å². The summed E-state index contributed by atoms with van der Waals surface area (Å²) in [6.45, 7) is 10.6. The van der Waals surface area contributed by atoms with E-state index in [1.54, 1.807) is 6.26 Å². The van der Waals surface area contributed by atoms with Crippen LogP contribution in [0.15, 0.2) is 10.7 Å². The van der Waals surface area contributed by atoms with Gasteiger partial charge in [-0.1, -0.05) is 20.8 Å². The molecule has 4 nitrogen and oxygen atoms in total. The Morgan fingerprint density at radius 2 is 2.29 bits per heavy atom. The smallest absolute Gasteiger partial charge is 0.297 e. The maximum Gasteiger partial charge on any atom is 0.297 e.